The molecule has 2 aliphatic carbocycles. The summed E-state index contributed by atoms with van der Waals surface area (Å²) in [6, 6.07) is 18.3. The Morgan fingerprint density at radius 2 is 1.74 bits per heavy atom. The first-order valence-electron chi connectivity index (χ1n) is 14.9. The number of thioether (sulfide) groups is 1. The van der Waals surface area contributed by atoms with Crippen LogP contribution in [0.5, 0.6) is 5.75 Å². The van der Waals surface area contributed by atoms with Gasteiger partial charge in [0.25, 0.3) is 0 Å². The molecule has 12 heteroatoms. The van der Waals surface area contributed by atoms with E-state index in [1.54, 1.807) is 11.8 Å². The van der Waals surface area contributed by atoms with E-state index in [1.807, 2.05) is 43.3 Å². The number of anilines is 1. The Hall–Kier alpha value is -3.35. The molecule has 1 N–H and O–H groups in total. The molecule has 2 aliphatic heterocycles. The van der Waals surface area contributed by atoms with Gasteiger partial charge in [-0.05, 0) is 73.1 Å². The molecule has 1 saturated heterocycles. The van der Waals surface area contributed by atoms with Gasteiger partial charge in [0.15, 0.2) is 0 Å². The second-order valence-corrected chi connectivity index (χ2v) is 15.6. The number of amides is 2. The Morgan fingerprint density at radius 1 is 0.978 bits per heavy atom. The van der Waals surface area contributed by atoms with Gasteiger partial charge in [-0.15, -0.1) is 11.8 Å². The number of rotatable bonds is 5. The molecule has 46 heavy (non-hydrogen) atoms. The van der Waals surface area contributed by atoms with Gasteiger partial charge in [-0.3, -0.25) is 19.3 Å². The number of fused-ring (bicyclic) bond motifs is 9. The number of halogens is 4. The van der Waals surface area contributed by atoms with Crippen molar-refractivity contribution in [1.29, 1.82) is 0 Å². The van der Waals surface area contributed by atoms with Gasteiger partial charge in [0.1, 0.15) is 12.4 Å². The van der Waals surface area contributed by atoms with E-state index in [2.05, 4.69) is 27.0 Å². The zero-order chi connectivity index (χ0) is 32.1. The molecular weight excluding hydrogens is 701 g/mol. The summed E-state index contributed by atoms with van der Waals surface area (Å²) in [7, 11) is 0. The molecule has 3 heterocycles. The quantitative estimate of drug-likeness (QED) is 0.213. The minimum absolute atomic E-state index is 0.0481. The average molecular weight is 728 g/mol. The molecule has 3 aromatic carbocycles. The topological polar surface area (TPSA) is 79.5 Å². The van der Waals surface area contributed by atoms with Crippen LogP contribution >= 0.6 is 39.0 Å². The van der Waals surface area contributed by atoms with E-state index in [9.17, 15) is 27.6 Å². The van der Waals surface area contributed by atoms with Crippen LogP contribution < -0.4 is 14.5 Å². The second kappa shape index (κ2) is 10.8. The summed E-state index contributed by atoms with van der Waals surface area (Å²) in [6.45, 7) is 2.37. The Bertz CT molecular complexity index is 1980. The van der Waals surface area contributed by atoms with Crippen LogP contribution in [0.25, 0.3) is 0 Å². The number of nitrogens with zero attached hydrogens (tertiary/aromatic N) is 1. The molecule has 0 spiro atoms. The average Bonchev–Trinajstić information content (AvgIpc) is 3.75. The van der Waals surface area contributed by atoms with E-state index in [4.69, 9.17) is 4.74 Å². The summed E-state index contributed by atoms with van der Waals surface area (Å²) in [5.41, 5.74) is 2.08. The van der Waals surface area contributed by atoms with E-state index in [0.717, 1.165) is 59.4 Å². The van der Waals surface area contributed by atoms with Gasteiger partial charge in [0, 0.05) is 26.1 Å². The third kappa shape index (κ3) is 4.70. The van der Waals surface area contributed by atoms with Crippen LogP contribution in [0.2, 0.25) is 0 Å². The van der Waals surface area contributed by atoms with E-state index < -0.39 is 35.4 Å². The normalized spacial score (nSPS) is 27.9. The number of imide groups is 1. The first-order valence-corrected chi connectivity index (χ1v) is 17.4. The van der Waals surface area contributed by atoms with Gasteiger partial charge in [-0.2, -0.15) is 13.2 Å². The number of thiazole rings is 1. The Balaban J connectivity index is 1.19. The van der Waals surface area contributed by atoms with Gasteiger partial charge in [0.2, 0.25) is 11.8 Å². The van der Waals surface area contributed by atoms with Gasteiger partial charge < -0.3 is 9.72 Å². The number of nitrogens with one attached hydrogen (secondary N) is 1. The van der Waals surface area contributed by atoms with Gasteiger partial charge in [-0.25, -0.2) is 0 Å². The number of benzene rings is 3. The van der Waals surface area contributed by atoms with Crippen LogP contribution in [0, 0.1) is 36.5 Å². The highest BCUT2D eigenvalue weighted by molar-refractivity contribution is 9.10. The minimum atomic E-state index is -4.60. The summed E-state index contributed by atoms with van der Waals surface area (Å²) in [5, 5.41) is 0.692. The summed E-state index contributed by atoms with van der Waals surface area (Å²) >= 11 is 6.35. The maximum Gasteiger partial charge on any atom is 0.416 e. The predicted octanol–water partition coefficient (Wildman–Crippen LogP) is 7.78. The summed E-state index contributed by atoms with van der Waals surface area (Å²) in [6.07, 6.45) is -3.94. The van der Waals surface area contributed by atoms with Gasteiger partial charge in [0.05, 0.1) is 28.1 Å². The van der Waals surface area contributed by atoms with Gasteiger partial charge in [-0.1, -0.05) is 63.2 Å². The van der Waals surface area contributed by atoms with Crippen molar-refractivity contribution in [3.05, 3.63) is 108 Å². The lowest BCUT2D eigenvalue weighted by molar-refractivity contribution is -0.137. The number of carbonyl (C=O) groups excluding carboxylic acids is 2. The van der Waals surface area contributed by atoms with Crippen LogP contribution in [-0.2, 0) is 22.4 Å². The molecule has 7 atom stereocenters. The molecule has 4 aliphatic rings. The number of aryl methyl sites for hydroxylation is 1. The van der Waals surface area contributed by atoms with Crippen molar-refractivity contribution in [3.8, 4) is 5.75 Å². The number of hydrogen-bond donors (Lipinski definition) is 1. The third-order valence-corrected chi connectivity index (χ3v) is 13.0. The number of aromatic amines is 1. The Morgan fingerprint density at radius 3 is 2.50 bits per heavy atom. The van der Waals surface area contributed by atoms with E-state index in [1.165, 1.54) is 12.1 Å². The summed E-state index contributed by atoms with van der Waals surface area (Å²) in [4.78, 5) is 45.4. The largest absolute Gasteiger partial charge is 0.489 e. The lowest BCUT2D eigenvalue weighted by Crippen LogP contribution is -2.42. The predicted molar refractivity (Wildman–Crippen MR) is 172 cm³/mol. The molecule has 3 fully saturated rings. The smallest absolute Gasteiger partial charge is 0.416 e. The van der Waals surface area contributed by atoms with Crippen LogP contribution in [0.15, 0.2) is 81.0 Å². The highest BCUT2D eigenvalue weighted by Crippen LogP contribution is 2.69. The number of hydrogen-bond acceptors (Lipinski definition) is 6. The standard InChI is InChI=1S/C34H26BrF3N2O4S2/c1-15-4-2-5-16(10-15)14-44-23-9-8-18(35)12-20(23)24-25-21-13-22(28(25)45-30-29(24)46-33(43)39-30)27-26(21)31(41)40(32(27)42)19-7-3-6-17(11-19)34(36,37)38/h2-12,21-22,24-28H,13-14H2,1H3,(H,39,43)/t21-,22-,24+,25+,26+,27+,28-/m1/s1. The molecule has 2 saturated carbocycles. The zero-order valence-electron chi connectivity index (χ0n) is 24.2. The number of carbonyl (C=O) groups is 2. The SMILES string of the molecule is Cc1cccc(COc2ccc(Br)cc2[C@@H]2c3sc(=O)[nH]c3S[C@@H]3[C@@H]4C[C@@H]([C@@H]5C(=O)N(c6cccc(C(F)(F)F)c6)C(=O)[C@@H]45)[C@@H]23)c1. The number of H-pyrrole nitrogens is 1. The fraction of sp³-hybridized carbons (Fsp3) is 0.324. The van der Waals surface area contributed by atoms with Crippen LogP contribution in [0.3, 0.4) is 0 Å². The first-order chi connectivity index (χ1) is 22.0. The van der Waals surface area contributed by atoms with E-state index in [-0.39, 0.29) is 39.5 Å². The lowest BCUT2D eigenvalue weighted by atomic mass is 9.68. The first kappa shape index (κ1) is 30.0. The van der Waals surface area contributed by atoms with Crippen LogP contribution in [0.1, 0.15) is 39.5 Å². The van der Waals surface area contributed by atoms with Crippen molar-refractivity contribution in [3.63, 3.8) is 0 Å². The fourth-order valence-electron chi connectivity index (χ4n) is 8.30. The number of ether oxygens (including phenoxy) is 1. The fourth-order valence-corrected chi connectivity index (χ4v) is 11.6. The maximum atomic E-state index is 14.1. The van der Waals surface area contributed by atoms with Crippen molar-refractivity contribution in [2.24, 2.45) is 29.6 Å². The monoisotopic (exact) mass is 726 g/mol. The second-order valence-electron chi connectivity index (χ2n) is 12.5. The Labute approximate surface area is 278 Å². The number of aromatic nitrogens is 1. The molecule has 1 aromatic heterocycles. The van der Waals surface area contributed by atoms with E-state index >= 15 is 0 Å². The highest BCUT2D eigenvalue weighted by atomic mass is 79.9. The molecule has 8 rings (SSSR count). The van der Waals surface area contributed by atoms with Gasteiger partial charge >= 0.3 is 11.0 Å². The maximum absolute atomic E-state index is 14.1. The molecule has 4 aromatic rings. The Kier molecular flexibility index (Phi) is 7.08. The highest BCUT2D eigenvalue weighted by Gasteiger charge is 2.70. The molecule has 0 unspecified atom stereocenters. The number of alkyl halides is 3. The molecule has 2 bridgehead atoms. The van der Waals surface area contributed by atoms with Crippen molar-refractivity contribution in [2.75, 3.05) is 4.90 Å². The van der Waals surface area contributed by atoms with Crippen molar-refractivity contribution in [2.45, 2.75) is 42.3 Å². The molecule has 6 nitrogen and oxygen atoms in total. The molecular formula is C34H26BrF3N2O4S2. The van der Waals surface area contributed by atoms with Crippen LogP contribution in [0.4, 0.5) is 18.9 Å². The summed E-state index contributed by atoms with van der Waals surface area (Å²) in [5.74, 6) is -2.20. The molecule has 236 valence electrons. The van der Waals surface area contributed by atoms with E-state index in [0.29, 0.717) is 18.8 Å². The van der Waals surface area contributed by atoms with Crippen molar-refractivity contribution in [1.82, 2.24) is 4.98 Å². The summed E-state index contributed by atoms with van der Waals surface area (Å²) < 4.78 is 47.9. The molecule has 0 radical (unpaired) electrons. The van der Waals surface area contributed by atoms with Crippen molar-refractivity contribution >= 4 is 56.5 Å². The molecule has 2 amide bonds. The van der Waals surface area contributed by atoms with Crippen LogP contribution in [-0.4, -0.2) is 22.0 Å². The zero-order valence-corrected chi connectivity index (χ0v) is 27.4. The lowest BCUT2D eigenvalue weighted by Gasteiger charge is -2.43. The minimum Gasteiger partial charge on any atom is -0.489 e. The van der Waals surface area contributed by atoms with Crippen molar-refractivity contribution < 1.29 is 27.5 Å². The third-order valence-electron chi connectivity index (χ3n) is 9.94.